The van der Waals surface area contributed by atoms with Crippen LogP contribution in [0.1, 0.15) is 32.4 Å². The molecule has 3 heterocycles. The number of carbonyl (C=O) groups is 1. The van der Waals surface area contributed by atoms with Gasteiger partial charge in [-0.15, -0.1) is 21.5 Å². The molecule has 0 saturated carbocycles. The standard InChI is InChI=1S/C23H24N6O7S3/c1-35-16-11-29(12-16)23(30)15-5-3-4-13(8-15)14-6-7-17-18(9-14)37-22(25-17)20(39(2,33)34)21-27-26-19(36-21)10-24-28-38(31)32/h3-9,16,20,24,28H,10-12H2,1-2H3,(H,31,32). The zero-order valence-corrected chi connectivity index (χ0v) is 23.2. The third-order valence-electron chi connectivity index (χ3n) is 6.07. The van der Waals surface area contributed by atoms with E-state index in [0.717, 1.165) is 22.1 Å². The van der Waals surface area contributed by atoms with Gasteiger partial charge in [-0.05, 0) is 35.4 Å². The van der Waals surface area contributed by atoms with Crippen molar-refractivity contribution in [1.29, 1.82) is 0 Å². The molecular weight excluding hydrogens is 568 g/mol. The fraction of sp³-hybridized carbons (Fsp3) is 0.304. The summed E-state index contributed by atoms with van der Waals surface area (Å²) < 4.78 is 56.4. The smallest absolute Gasteiger partial charge is 0.254 e. The van der Waals surface area contributed by atoms with Crippen LogP contribution in [0.25, 0.3) is 21.3 Å². The number of thiazole rings is 1. The molecule has 0 radical (unpaired) electrons. The lowest BCUT2D eigenvalue weighted by Gasteiger charge is -2.38. The molecule has 2 atom stereocenters. The number of carbonyl (C=O) groups excluding carboxylic acids is 1. The Labute approximate surface area is 229 Å². The number of hydrogen-bond acceptors (Lipinski definition) is 11. The number of nitrogens with zero attached hydrogens (tertiary/aromatic N) is 4. The second-order valence-corrected chi connectivity index (χ2v) is 12.7. The fourth-order valence-corrected chi connectivity index (χ4v) is 6.82. The first-order valence-electron chi connectivity index (χ1n) is 11.6. The van der Waals surface area contributed by atoms with Gasteiger partial charge in [-0.25, -0.2) is 23.0 Å². The summed E-state index contributed by atoms with van der Waals surface area (Å²) in [6.07, 6.45) is 1.13. The molecule has 39 heavy (non-hydrogen) atoms. The number of benzene rings is 2. The van der Waals surface area contributed by atoms with Gasteiger partial charge in [0.05, 0.1) is 22.9 Å². The van der Waals surface area contributed by atoms with Crippen LogP contribution in [-0.4, -0.2) is 75.7 Å². The summed E-state index contributed by atoms with van der Waals surface area (Å²) in [5, 5.41) is 6.66. The van der Waals surface area contributed by atoms with Gasteiger partial charge >= 0.3 is 0 Å². The average Bonchev–Trinajstić information content (AvgIpc) is 3.49. The highest BCUT2D eigenvalue weighted by atomic mass is 32.2. The van der Waals surface area contributed by atoms with E-state index in [9.17, 15) is 17.4 Å². The summed E-state index contributed by atoms with van der Waals surface area (Å²) in [5.74, 6) is -0.200. The molecule has 2 unspecified atom stereocenters. The lowest BCUT2D eigenvalue weighted by molar-refractivity contribution is -0.0191. The Balaban J connectivity index is 1.41. The number of fused-ring (bicyclic) bond motifs is 1. The fourth-order valence-electron chi connectivity index (χ4n) is 4.09. The largest absolute Gasteiger partial charge is 0.422 e. The number of sulfone groups is 1. The molecule has 1 aliphatic heterocycles. The number of amides is 1. The maximum Gasteiger partial charge on any atom is 0.254 e. The SMILES string of the molecule is COC1CN(C(=O)c2cccc(-c3ccc4nc(C(c5nnc(CNNS(=O)O)o5)S(C)(=O)=O)sc4c3)c2)C1. The second kappa shape index (κ2) is 11.2. The van der Waals surface area contributed by atoms with Gasteiger partial charge in [0.25, 0.3) is 5.91 Å². The third kappa shape index (κ3) is 6.06. The van der Waals surface area contributed by atoms with Crippen LogP contribution in [0.4, 0.5) is 0 Å². The number of nitrogens with one attached hydrogen (secondary N) is 2. The van der Waals surface area contributed by atoms with Gasteiger partial charge in [-0.1, -0.05) is 18.2 Å². The molecule has 0 aliphatic carbocycles. The van der Waals surface area contributed by atoms with Crippen molar-refractivity contribution < 1.29 is 31.1 Å². The Hall–Kier alpha value is -3.12. The quantitative estimate of drug-likeness (QED) is 0.180. The molecule has 4 aromatic rings. The van der Waals surface area contributed by atoms with Crippen molar-refractivity contribution in [2.24, 2.45) is 0 Å². The number of ether oxygens (including phenoxy) is 1. The highest BCUT2D eigenvalue weighted by molar-refractivity contribution is 7.91. The van der Waals surface area contributed by atoms with Crippen LogP contribution >= 0.6 is 11.3 Å². The molecule has 13 nitrogen and oxygen atoms in total. The van der Waals surface area contributed by atoms with E-state index in [-0.39, 0.29) is 35.3 Å². The van der Waals surface area contributed by atoms with Gasteiger partial charge in [-0.2, -0.15) is 4.83 Å². The van der Waals surface area contributed by atoms with Crippen LogP contribution in [0.2, 0.25) is 0 Å². The Morgan fingerprint density at radius 1 is 1.26 bits per heavy atom. The lowest BCUT2D eigenvalue weighted by Crippen LogP contribution is -2.54. The molecule has 1 amide bonds. The molecule has 5 rings (SSSR count). The van der Waals surface area contributed by atoms with E-state index in [1.165, 1.54) is 11.3 Å². The van der Waals surface area contributed by atoms with E-state index in [0.29, 0.717) is 24.2 Å². The van der Waals surface area contributed by atoms with Crippen molar-refractivity contribution in [2.45, 2.75) is 17.9 Å². The van der Waals surface area contributed by atoms with Crippen LogP contribution in [0.15, 0.2) is 46.9 Å². The van der Waals surface area contributed by atoms with E-state index in [4.69, 9.17) is 13.7 Å². The molecular formula is C23H24N6O7S3. The van der Waals surface area contributed by atoms with Crippen molar-refractivity contribution in [1.82, 2.24) is 30.3 Å². The summed E-state index contributed by atoms with van der Waals surface area (Å²) in [4.78, 5) is 21.1. The molecule has 206 valence electrons. The van der Waals surface area contributed by atoms with E-state index in [1.807, 2.05) is 30.3 Å². The molecule has 1 fully saturated rings. The summed E-state index contributed by atoms with van der Waals surface area (Å²) >= 11 is -1.10. The normalized spacial score (nSPS) is 15.8. The van der Waals surface area contributed by atoms with Gasteiger partial charge in [0, 0.05) is 32.0 Å². The minimum absolute atomic E-state index is 0.0189. The topological polar surface area (TPSA) is 177 Å². The zero-order valence-electron chi connectivity index (χ0n) is 20.7. The molecule has 1 aliphatic rings. The number of likely N-dealkylation sites (tertiary alicyclic amines) is 1. The van der Waals surface area contributed by atoms with Crippen LogP contribution in [0, 0.1) is 0 Å². The molecule has 16 heteroatoms. The maximum absolute atomic E-state index is 12.8. The van der Waals surface area contributed by atoms with Gasteiger partial charge in [0.1, 0.15) is 5.01 Å². The first-order valence-corrected chi connectivity index (χ1v) is 15.4. The van der Waals surface area contributed by atoms with Crippen molar-refractivity contribution >= 4 is 48.6 Å². The Bertz CT molecular complexity index is 1650. The van der Waals surface area contributed by atoms with Gasteiger partial charge in [0.2, 0.25) is 23.0 Å². The van der Waals surface area contributed by atoms with Crippen LogP contribution in [-0.2, 0) is 32.4 Å². The van der Waals surface area contributed by atoms with Gasteiger partial charge < -0.3 is 14.1 Å². The molecule has 3 N–H and O–H groups in total. The van der Waals surface area contributed by atoms with Crippen molar-refractivity contribution in [2.75, 3.05) is 26.5 Å². The number of rotatable bonds is 10. The minimum Gasteiger partial charge on any atom is -0.422 e. The highest BCUT2D eigenvalue weighted by Crippen LogP contribution is 2.36. The lowest BCUT2D eigenvalue weighted by atomic mass is 10.0. The van der Waals surface area contributed by atoms with E-state index >= 15 is 0 Å². The number of aromatic nitrogens is 3. The average molecular weight is 593 g/mol. The van der Waals surface area contributed by atoms with Crippen LogP contribution < -0.4 is 10.3 Å². The summed E-state index contributed by atoms with van der Waals surface area (Å²) in [5.41, 5.74) is 5.28. The van der Waals surface area contributed by atoms with Crippen molar-refractivity contribution in [3.05, 3.63) is 64.8 Å². The summed E-state index contributed by atoms with van der Waals surface area (Å²) in [7, 11) is -2.12. The highest BCUT2D eigenvalue weighted by Gasteiger charge is 2.34. The number of hydrogen-bond donors (Lipinski definition) is 3. The van der Waals surface area contributed by atoms with E-state index in [1.54, 1.807) is 24.1 Å². The van der Waals surface area contributed by atoms with E-state index in [2.05, 4.69) is 25.4 Å². The van der Waals surface area contributed by atoms with Crippen molar-refractivity contribution in [3.8, 4) is 11.1 Å². The van der Waals surface area contributed by atoms with Crippen LogP contribution in [0.5, 0.6) is 0 Å². The third-order valence-corrected chi connectivity index (χ3v) is 8.91. The first-order chi connectivity index (χ1) is 18.6. The molecule has 1 saturated heterocycles. The second-order valence-electron chi connectivity index (χ2n) is 8.83. The van der Waals surface area contributed by atoms with Gasteiger partial charge in [-0.3, -0.25) is 9.35 Å². The molecule has 0 bridgehead atoms. The Morgan fingerprint density at radius 2 is 2.03 bits per heavy atom. The van der Waals surface area contributed by atoms with Crippen molar-refractivity contribution in [3.63, 3.8) is 0 Å². The number of methoxy groups -OCH3 is 1. The Morgan fingerprint density at radius 3 is 2.74 bits per heavy atom. The van der Waals surface area contributed by atoms with Crippen LogP contribution in [0.3, 0.4) is 0 Å². The van der Waals surface area contributed by atoms with Gasteiger partial charge in [0.15, 0.2) is 15.1 Å². The first kappa shape index (κ1) is 27.4. The monoisotopic (exact) mass is 592 g/mol. The molecule has 2 aromatic heterocycles. The summed E-state index contributed by atoms with van der Waals surface area (Å²) in [6, 6.07) is 12.9. The summed E-state index contributed by atoms with van der Waals surface area (Å²) in [6.45, 7) is 1.02. The van der Waals surface area contributed by atoms with E-state index < -0.39 is 26.4 Å². The maximum atomic E-state index is 12.8. The Kier molecular flexibility index (Phi) is 7.86. The minimum atomic E-state index is -3.75. The molecule has 2 aromatic carbocycles. The number of hydrazine groups is 1. The predicted molar refractivity (Wildman–Crippen MR) is 143 cm³/mol. The molecule has 0 spiro atoms. The zero-order chi connectivity index (χ0) is 27.7. The predicted octanol–water partition coefficient (Wildman–Crippen LogP) is 1.68.